The summed E-state index contributed by atoms with van der Waals surface area (Å²) in [7, 11) is 0. The lowest BCUT2D eigenvalue weighted by Crippen LogP contribution is -2.37. The normalized spacial score (nSPS) is 13.5. The second-order valence-corrected chi connectivity index (χ2v) is 31.7. The summed E-state index contributed by atoms with van der Waals surface area (Å²) >= 11 is 0. The molecule has 0 bridgehead atoms. The van der Waals surface area contributed by atoms with E-state index in [9.17, 15) is 0 Å². The zero-order chi connectivity index (χ0) is 86.9. The van der Waals surface area contributed by atoms with Crippen LogP contribution in [-0.4, -0.2) is 248 Å². The van der Waals surface area contributed by atoms with E-state index in [0.717, 1.165) is 299 Å². The molecule has 0 N–H and O–H groups in total. The molecule has 19 nitrogen and oxygen atoms in total. The van der Waals surface area contributed by atoms with Crippen molar-refractivity contribution >= 4 is 0 Å². The molecule has 0 fully saturated rings. The summed E-state index contributed by atoms with van der Waals surface area (Å²) in [5, 5.41) is 0. The molecular weight excluding hydrogens is 1470 g/mol. The molecule has 0 amide bonds. The van der Waals surface area contributed by atoms with E-state index in [4.69, 9.17) is 90.0 Å². The molecule has 0 heterocycles. The fourth-order valence-electron chi connectivity index (χ4n) is 10.7. The van der Waals surface area contributed by atoms with Crippen LogP contribution in [0.15, 0.2) is 0 Å². The summed E-state index contributed by atoms with van der Waals surface area (Å²) < 4.78 is 112. The van der Waals surface area contributed by atoms with Gasteiger partial charge in [0.05, 0.1) is 124 Å². The summed E-state index contributed by atoms with van der Waals surface area (Å²) in [5.41, 5.74) is 0.261. The largest absolute Gasteiger partial charge is 0.381 e. The minimum atomic E-state index is -0.134. The van der Waals surface area contributed by atoms with Crippen LogP contribution in [0.25, 0.3) is 0 Å². The van der Waals surface area contributed by atoms with Crippen molar-refractivity contribution in [2.24, 2.45) is 10.8 Å². The number of hydrogen-bond donors (Lipinski definition) is 0. The molecule has 0 aromatic carbocycles. The molecule has 0 aliphatic carbocycles. The number of hydrogen-bond acceptors (Lipinski definition) is 19. The first-order chi connectivity index (χ1) is 56.8. The first-order valence-corrected chi connectivity index (χ1v) is 49.0. The number of rotatable bonds is 90. The van der Waals surface area contributed by atoms with Gasteiger partial charge in [0.25, 0.3) is 0 Å². The van der Waals surface area contributed by atoms with Gasteiger partial charge in [-0.05, 0) is 135 Å². The van der Waals surface area contributed by atoms with Crippen molar-refractivity contribution in [3.8, 4) is 0 Å². The molecule has 7 unspecified atom stereocenters. The second-order valence-electron chi connectivity index (χ2n) is 31.7. The van der Waals surface area contributed by atoms with Gasteiger partial charge in [-0.15, -0.1) is 0 Å². The maximum absolute atomic E-state index is 6.25. The van der Waals surface area contributed by atoms with Crippen LogP contribution in [0.5, 0.6) is 0 Å². The number of ether oxygens (including phenoxy) is 19. The lowest BCUT2D eigenvalue weighted by molar-refractivity contribution is -0.117. The molecule has 7 atom stereocenters. The third kappa shape index (κ3) is 89.5. The minimum Gasteiger partial charge on any atom is -0.381 e. The quantitative estimate of drug-likeness (QED) is 0.0525. The molecule has 19 heteroatoms. The summed E-state index contributed by atoms with van der Waals surface area (Å²) in [6, 6.07) is 0. The van der Waals surface area contributed by atoms with Crippen LogP contribution in [0.2, 0.25) is 0 Å². The van der Waals surface area contributed by atoms with E-state index in [2.05, 4.69) is 145 Å². The summed E-state index contributed by atoms with van der Waals surface area (Å²) in [6.45, 7) is 68.2. The Bertz CT molecular complexity index is 1660. The van der Waals surface area contributed by atoms with Crippen LogP contribution in [0.1, 0.15) is 377 Å². The Morgan fingerprint density at radius 2 is 0.302 bits per heavy atom. The van der Waals surface area contributed by atoms with Crippen molar-refractivity contribution in [1.82, 2.24) is 0 Å². The summed E-state index contributed by atoms with van der Waals surface area (Å²) in [6.07, 6.45) is 40.5. The Labute approximate surface area is 721 Å². The fraction of sp³-hybridized carbons (Fsp3) is 1.00. The molecule has 0 aliphatic heterocycles. The third-order valence-electron chi connectivity index (χ3n) is 20.1. The van der Waals surface area contributed by atoms with Gasteiger partial charge in [-0.1, -0.05) is 242 Å². The standard InChI is InChI=1S/C33H68O8.C19H40O4.C18H38O3.C15H32O2.C12H26O2/c1-7-13-18-34-24-31(38-20-15-9-3)26-36-23-30(12-6)41-29-33(40-22-17-11-5)28-37-27-32(39-21-16-10-4)25-35-19-14-8-2;1-5-9-12-20-16-19(23-14-11-7-3)17-21-15-18(8-4)22-13-10-6-2;1-5-9-12-19-15-18(8-4,16-20-13-10-6-2)17-21-14-11-7-3;1-5-9-11-16-13-15(7-3,8-4)14-17-12-10-6-2;1-4-7-9-13-11-12(6-3)14-10-8-5-2/h30-33H,7-29H2,1-6H3;18-19H,5-17H2,1-4H3;5-17H2,1-4H3;5-14H2,1-4H3;12H,4-11H2,1-3H3. The van der Waals surface area contributed by atoms with Gasteiger partial charge in [-0.25, -0.2) is 0 Å². The van der Waals surface area contributed by atoms with Gasteiger partial charge in [-0.3, -0.25) is 0 Å². The van der Waals surface area contributed by atoms with Crippen LogP contribution in [0.4, 0.5) is 0 Å². The van der Waals surface area contributed by atoms with Crippen molar-refractivity contribution in [2.75, 3.05) is 205 Å². The molecule has 0 aliphatic rings. The average molecular weight is 1670 g/mol. The second kappa shape index (κ2) is 105. The van der Waals surface area contributed by atoms with E-state index in [1.54, 1.807) is 0 Å². The highest BCUT2D eigenvalue weighted by Gasteiger charge is 2.30. The Kier molecular flexibility index (Phi) is 112. The van der Waals surface area contributed by atoms with E-state index in [0.29, 0.717) is 78.8 Å². The molecule has 0 rings (SSSR count). The zero-order valence-electron chi connectivity index (χ0n) is 81.2. The lowest BCUT2D eigenvalue weighted by atomic mass is 9.84. The zero-order valence-corrected chi connectivity index (χ0v) is 81.2. The predicted octanol–water partition coefficient (Wildman–Crippen LogP) is 24.3. The van der Waals surface area contributed by atoms with E-state index in [1.807, 2.05) is 0 Å². The topological polar surface area (TPSA) is 175 Å². The Morgan fingerprint density at radius 3 is 0.509 bits per heavy atom. The van der Waals surface area contributed by atoms with Gasteiger partial charge in [-0.2, -0.15) is 0 Å². The molecule has 706 valence electrons. The van der Waals surface area contributed by atoms with Gasteiger partial charge < -0.3 is 90.0 Å². The minimum absolute atomic E-state index is 0.0123. The monoisotopic (exact) mass is 1670 g/mol. The van der Waals surface area contributed by atoms with Gasteiger partial charge >= 0.3 is 0 Å². The molecule has 0 aromatic heterocycles. The molecule has 0 radical (unpaired) electrons. The average Bonchev–Trinajstić information content (AvgIpc) is 0.879. The molecule has 0 saturated carbocycles. The van der Waals surface area contributed by atoms with Gasteiger partial charge in [0, 0.05) is 110 Å². The lowest BCUT2D eigenvalue weighted by Gasteiger charge is -2.32. The Morgan fingerprint density at radius 1 is 0.147 bits per heavy atom. The van der Waals surface area contributed by atoms with Crippen molar-refractivity contribution in [1.29, 1.82) is 0 Å². The van der Waals surface area contributed by atoms with Crippen LogP contribution in [0, 0.1) is 10.8 Å². The van der Waals surface area contributed by atoms with Crippen molar-refractivity contribution in [3.63, 3.8) is 0 Å². The van der Waals surface area contributed by atoms with E-state index in [-0.39, 0.29) is 47.5 Å². The summed E-state index contributed by atoms with van der Waals surface area (Å²) in [5.74, 6) is 0. The van der Waals surface area contributed by atoms with Crippen LogP contribution < -0.4 is 0 Å². The SMILES string of the molecule is CCCCOCC(CC)(CC)COCCCC.CCCCOCC(CC)(COCCCC)COCCCC.CCCCOCC(CC)OCCCC.CCCCOCC(COCC(CC)OCC(COCC(COCCCC)OCCCC)OCCCC)OCCCC.CCCCOCC(COCC(CC)OCCCC)OCCCC. The third-order valence-corrected chi connectivity index (χ3v) is 20.1. The highest BCUT2D eigenvalue weighted by Crippen LogP contribution is 2.28. The maximum Gasteiger partial charge on any atom is 0.104 e. The van der Waals surface area contributed by atoms with Crippen molar-refractivity contribution in [2.45, 2.75) is 419 Å². The smallest absolute Gasteiger partial charge is 0.104 e. The molecule has 116 heavy (non-hydrogen) atoms. The molecule has 0 saturated heterocycles. The van der Waals surface area contributed by atoms with Crippen molar-refractivity contribution in [3.05, 3.63) is 0 Å². The maximum atomic E-state index is 6.25. The molecule has 0 aromatic rings. The highest BCUT2D eigenvalue weighted by atomic mass is 16.6. The van der Waals surface area contributed by atoms with E-state index >= 15 is 0 Å². The van der Waals surface area contributed by atoms with E-state index < -0.39 is 0 Å². The molecular formula is C97H204O19. The Balaban J connectivity index is -0.000000470. The molecule has 0 spiro atoms. The summed E-state index contributed by atoms with van der Waals surface area (Å²) in [4.78, 5) is 0. The van der Waals surface area contributed by atoms with Crippen LogP contribution in [-0.2, 0) is 90.0 Å². The number of unbranched alkanes of at least 4 members (excludes halogenated alkanes) is 15. The fourth-order valence-corrected chi connectivity index (χ4v) is 10.7. The predicted molar refractivity (Wildman–Crippen MR) is 488 cm³/mol. The first-order valence-electron chi connectivity index (χ1n) is 49.0. The Hall–Kier alpha value is -0.760. The van der Waals surface area contributed by atoms with Gasteiger partial charge in [0.1, 0.15) is 24.4 Å². The van der Waals surface area contributed by atoms with Gasteiger partial charge in [0.2, 0.25) is 0 Å². The van der Waals surface area contributed by atoms with Gasteiger partial charge in [0.15, 0.2) is 0 Å². The van der Waals surface area contributed by atoms with E-state index in [1.165, 1.54) is 64.2 Å². The highest BCUT2D eigenvalue weighted by molar-refractivity contribution is 4.79. The first kappa shape index (κ1) is 124. The van der Waals surface area contributed by atoms with Crippen molar-refractivity contribution < 1.29 is 90.0 Å². The van der Waals surface area contributed by atoms with Crippen LogP contribution >= 0.6 is 0 Å². The van der Waals surface area contributed by atoms with Crippen LogP contribution in [0.3, 0.4) is 0 Å².